The van der Waals surface area contributed by atoms with Gasteiger partial charge in [-0.05, 0) is 31.2 Å². The van der Waals surface area contributed by atoms with Crippen molar-refractivity contribution in [3.8, 4) is 0 Å². The molecule has 0 aromatic carbocycles. The SMILES string of the molecule is O=C1COC2CCCN(C(=O)C(CC3CCCCC3)S(=O)(=O)Cc3ccoc3)C12. The van der Waals surface area contributed by atoms with E-state index in [9.17, 15) is 18.0 Å². The number of ether oxygens (including phenoxy) is 1. The van der Waals surface area contributed by atoms with E-state index in [1.165, 1.54) is 23.8 Å². The monoisotopic (exact) mass is 423 g/mol. The molecule has 160 valence electrons. The van der Waals surface area contributed by atoms with Crippen molar-refractivity contribution >= 4 is 21.5 Å². The predicted octanol–water partition coefficient (Wildman–Crippen LogP) is 2.49. The van der Waals surface area contributed by atoms with Gasteiger partial charge in [0.25, 0.3) is 0 Å². The van der Waals surface area contributed by atoms with E-state index < -0.39 is 27.0 Å². The number of amides is 1. The second kappa shape index (κ2) is 8.60. The second-order valence-electron chi connectivity index (χ2n) is 8.60. The van der Waals surface area contributed by atoms with Crippen LogP contribution in [0.15, 0.2) is 23.0 Å². The van der Waals surface area contributed by atoms with Crippen LogP contribution in [0.1, 0.15) is 56.9 Å². The molecule has 0 radical (unpaired) electrons. The fourth-order valence-corrected chi connectivity index (χ4v) is 6.90. The Bertz CT molecular complexity index is 827. The third-order valence-electron chi connectivity index (χ3n) is 6.56. The van der Waals surface area contributed by atoms with Crippen LogP contribution in [0.5, 0.6) is 0 Å². The van der Waals surface area contributed by atoms with Crippen molar-refractivity contribution in [3.05, 3.63) is 24.2 Å². The Kier molecular flexibility index (Phi) is 6.11. The van der Waals surface area contributed by atoms with E-state index in [0.717, 1.165) is 38.5 Å². The van der Waals surface area contributed by atoms with Crippen LogP contribution in [0.25, 0.3) is 0 Å². The Morgan fingerprint density at radius 2 is 1.97 bits per heavy atom. The molecule has 3 fully saturated rings. The summed E-state index contributed by atoms with van der Waals surface area (Å²) in [4.78, 5) is 27.4. The highest BCUT2D eigenvalue weighted by molar-refractivity contribution is 7.92. The molecule has 8 heteroatoms. The number of Topliss-reactive ketones (excluding diaryl/α,β-unsaturated/α-hetero) is 1. The summed E-state index contributed by atoms with van der Waals surface area (Å²) < 4.78 is 37.2. The quantitative estimate of drug-likeness (QED) is 0.698. The maximum atomic E-state index is 13.6. The Balaban J connectivity index is 1.59. The minimum absolute atomic E-state index is 0.00811. The molecule has 1 aromatic heterocycles. The summed E-state index contributed by atoms with van der Waals surface area (Å²) in [5.41, 5.74) is 0.545. The van der Waals surface area contributed by atoms with Crippen molar-refractivity contribution in [3.63, 3.8) is 0 Å². The smallest absolute Gasteiger partial charge is 0.241 e. The zero-order chi connectivity index (χ0) is 20.4. The fraction of sp³-hybridized carbons (Fsp3) is 0.714. The number of rotatable bonds is 6. The molecule has 2 aliphatic heterocycles. The molecule has 1 aliphatic carbocycles. The van der Waals surface area contributed by atoms with Crippen molar-refractivity contribution < 1.29 is 27.2 Å². The lowest BCUT2D eigenvalue weighted by Crippen LogP contribution is -2.56. The molecule has 2 saturated heterocycles. The molecule has 0 bridgehead atoms. The van der Waals surface area contributed by atoms with Crippen molar-refractivity contribution in [2.24, 2.45) is 5.92 Å². The number of furan rings is 1. The van der Waals surface area contributed by atoms with Crippen LogP contribution >= 0.6 is 0 Å². The van der Waals surface area contributed by atoms with E-state index >= 15 is 0 Å². The first-order chi connectivity index (χ1) is 14.0. The van der Waals surface area contributed by atoms with Crippen LogP contribution in [0, 0.1) is 5.92 Å². The number of carbonyl (C=O) groups excluding carboxylic acids is 2. The van der Waals surface area contributed by atoms with Gasteiger partial charge in [0.15, 0.2) is 15.6 Å². The molecule has 3 unspecified atom stereocenters. The Morgan fingerprint density at radius 1 is 1.17 bits per heavy atom. The van der Waals surface area contributed by atoms with E-state index in [2.05, 4.69) is 0 Å². The first kappa shape index (κ1) is 20.6. The van der Waals surface area contributed by atoms with E-state index in [1.807, 2.05) is 0 Å². The zero-order valence-electron chi connectivity index (χ0n) is 16.6. The standard InChI is InChI=1S/C21H29NO6S/c23-17-13-28-18-7-4-9-22(20(17)18)21(24)19(11-15-5-2-1-3-6-15)29(25,26)14-16-8-10-27-12-16/h8,10,12,15,18-20H,1-7,9,11,13-14H2. The third-order valence-corrected chi connectivity index (χ3v) is 8.55. The van der Waals surface area contributed by atoms with Crippen molar-refractivity contribution in [2.75, 3.05) is 13.2 Å². The van der Waals surface area contributed by atoms with Gasteiger partial charge in [0.2, 0.25) is 5.91 Å². The molecule has 3 atom stereocenters. The third kappa shape index (κ3) is 4.43. The number of ketones is 1. The first-order valence-corrected chi connectivity index (χ1v) is 12.3. The van der Waals surface area contributed by atoms with Crippen LogP contribution in [0.3, 0.4) is 0 Å². The Labute approximate surface area is 171 Å². The van der Waals surface area contributed by atoms with Gasteiger partial charge in [-0.1, -0.05) is 32.1 Å². The lowest BCUT2D eigenvalue weighted by Gasteiger charge is -2.38. The lowest BCUT2D eigenvalue weighted by atomic mass is 9.85. The maximum absolute atomic E-state index is 13.6. The van der Waals surface area contributed by atoms with Crippen molar-refractivity contribution in [2.45, 2.75) is 74.5 Å². The maximum Gasteiger partial charge on any atom is 0.241 e. The summed E-state index contributed by atoms with van der Waals surface area (Å²) >= 11 is 0. The van der Waals surface area contributed by atoms with Crippen LogP contribution < -0.4 is 0 Å². The number of piperidine rings is 1. The highest BCUT2D eigenvalue weighted by atomic mass is 32.2. The number of hydrogen-bond acceptors (Lipinski definition) is 6. The summed E-state index contributed by atoms with van der Waals surface area (Å²) in [6.45, 7) is 0.422. The minimum Gasteiger partial charge on any atom is -0.472 e. The second-order valence-corrected chi connectivity index (χ2v) is 10.8. The molecule has 1 aromatic rings. The van der Waals surface area contributed by atoms with Gasteiger partial charge in [0.05, 0.1) is 24.4 Å². The average Bonchev–Trinajstić information content (AvgIpc) is 3.36. The molecule has 29 heavy (non-hydrogen) atoms. The molecule has 0 N–H and O–H groups in total. The summed E-state index contributed by atoms with van der Waals surface area (Å²) in [6.07, 6.45) is 9.57. The Morgan fingerprint density at radius 3 is 2.69 bits per heavy atom. The normalized spacial score (nSPS) is 27.0. The van der Waals surface area contributed by atoms with Gasteiger partial charge in [-0.2, -0.15) is 0 Å². The minimum atomic E-state index is -3.74. The van der Waals surface area contributed by atoms with Gasteiger partial charge >= 0.3 is 0 Å². The Hall–Kier alpha value is -1.67. The number of nitrogens with zero attached hydrogens (tertiary/aromatic N) is 1. The molecule has 4 rings (SSSR count). The van der Waals surface area contributed by atoms with E-state index in [-0.39, 0.29) is 30.2 Å². The highest BCUT2D eigenvalue weighted by Crippen LogP contribution is 2.33. The van der Waals surface area contributed by atoms with Crippen LogP contribution in [0.2, 0.25) is 0 Å². The molecule has 7 nitrogen and oxygen atoms in total. The van der Waals surface area contributed by atoms with Crippen LogP contribution in [-0.2, 0) is 29.9 Å². The van der Waals surface area contributed by atoms with Gasteiger partial charge in [-0.15, -0.1) is 0 Å². The van der Waals surface area contributed by atoms with Crippen LogP contribution in [0.4, 0.5) is 0 Å². The number of carbonyl (C=O) groups is 2. The summed E-state index contributed by atoms with van der Waals surface area (Å²) in [7, 11) is -3.74. The summed E-state index contributed by atoms with van der Waals surface area (Å²) in [5.74, 6) is -0.536. The van der Waals surface area contributed by atoms with Gasteiger partial charge in [0.1, 0.15) is 17.9 Å². The van der Waals surface area contributed by atoms with Crippen LogP contribution in [-0.4, -0.2) is 55.6 Å². The summed E-state index contributed by atoms with van der Waals surface area (Å²) in [6, 6.07) is 0.986. The fourth-order valence-electron chi connectivity index (χ4n) is 5.06. The molecular formula is C21H29NO6S. The average molecular weight is 424 g/mol. The van der Waals surface area contributed by atoms with Gasteiger partial charge in [-0.3, -0.25) is 9.59 Å². The molecule has 1 saturated carbocycles. The highest BCUT2D eigenvalue weighted by Gasteiger charge is 2.48. The summed E-state index contributed by atoms with van der Waals surface area (Å²) in [5, 5.41) is -1.12. The molecule has 0 spiro atoms. The molecule has 3 heterocycles. The number of hydrogen-bond donors (Lipinski definition) is 0. The first-order valence-electron chi connectivity index (χ1n) is 10.6. The van der Waals surface area contributed by atoms with Gasteiger partial charge < -0.3 is 14.1 Å². The topological polar surface area (TPSA) is 93.9 Å². The van der Waals surface area contributed by atoms with Crippen molar-refractivity contribution in [1.29, 1.82) is 0 Å². The van der Waals surface area contributed by atoms with Crippen molar-refractivity contribution in [1.82, 2.24) is 4.90 Å². The number of fused-ring (bicyclic) bond motifs is 1. The zero-order valence-corrected chi connectivity index (χ0v) is 17.4. The van der Waals surface area contributed by atoms with E-state index in [1.54, 1.807) is 6.07 Å². The lowest BCUT2D eigenvalue weighted by molar-refractivity contribution is -0.140. The molecule has 3 aliphatic rings. The molecule has 1 amide bonds. The van der Waals surface area contributed by atoms with Gasteiger partial charge in [0, 0.05) is 12.1 Å². The van der Waals surface area contributed by atoms with E-state index in [0.29, 0.717) is 18.5 Å². The predicted molar refractivity (Wildman–Crippen MR) is 106 cm³/mol. The number of likely N-dealkylation sites (tertiary alicyclic amines) is 1. The van der Waals surface area contributed by atoms with E-state index in [4.69, 9.17) is 9.15 Å². The molecular weight excluding hydrogens is 394 g/mol. The largest absolute Gasteiger partial charge is 0.472 e. The van der Waals surface area contributed by atoms with Gasteiger partial charge in [-0.25, -0.2) is 8.42 Å². The number of sulfone groups is 1.